The molecule has 3 heterocycles. The van der Waals surface area contributed by atoms with Crippen LogP contribution in [0.5, 0.6) is 5.75 Å². The lowest BCUT2D eigenvalue weighted by Crippen LogP contribution is -2.43. The molecule has 0 radical (unpaired) electrons. The van der Waals surface area contributed by atoms with Gasteiger partial charge in [0.15, 0.2) is 5.82 Å². The van der Waals surface area contributed by atoms with Crippen LogP contribution in [0.1, 0.15) is 81.8 Å². The fraction of sp³-hybridized carbons (Fsp3) is 0.583. The number of hydrogen-bond acceptors (Lipinski definition) is 6. The molecule has 2 aliphatic rings. The number of likely N-dealkylation sites (tertiary alicyclic amines) is 1. The number of ether oxygens (including phenoxy) is 1. The van der Waals surface area contributed by atoms with E-state index < -0.39 is 0 Å². The molecule has 1 saturated carbocycles. The molecular formula is C24H32N6O2. The van der Waals surface area contributed by atoms with Gasteiger partial charge in [0.2, 0.25) is 0 Å². The summed E-state index contributed by atoms with van der Waals surface area (Å²) in [5, 5.41) is 14.0. The van der Waals surface area contributed by atoms with Crippen LogP contribution >= 0.6 is 0 Å². The van der Waals surface area contributed by atoms with Gasteiger partial charge in [-0.25, -0.2) is 4.68 Å². The van der Waals surface area contributed by atoms with Gasteiger partial charge in [-0.05, 0) is 73.8 Å². The third-order valence-corrected chi connectivity index (χ3v) is 7.24. The second-order valence-corrected chi connectivity index (χ2v) is 9.27. The van der Waals surface area contributed by atoms with Gasteiger partial charge in [0, 0.05) is 22.5 Å². The number of piperidine rings is 1. The zero-order valence-corrected chi connectivity index (χ0v) is 19.0. The van der Waals surface area contributed by atoms with Gasteiger partial charge >= 0.3 is 0 Å². The van der Waals surface area contributed by atoms with Crippen molar-refractivity contribution in [2.75, 3.05) is 13.7 Å². The molecule has 2 aromatic heterocycles. The molecule has 8 nitrogen and oxygen atoms in total. The summed E-state index contributed by atoms with van der Waals surface area (Å²) in [5.41, 5.74) is 1.42. The lowest BCUT2D eigenvalue weighted by atomic mass is 9.94. The van der Waals surface area contributed by atoms with Crippen LogP contribution in [0.25, 0.3) is 10.9 Å². The maximum atomic E-state index is 13.4. The Labute approximate surface area is 188 Å². The van der Waals surface area contributed by atoms with Crippen LogP contribution in [0, 0.1) is 0 Å². The average molecular weight is 437 g/mol. The van der Waals surface area contributed by atoms with Crippen molar-refractivity contribution in [3.05, 3.63) is 46.0 Å². The number of pyridine rings is 1. The number of fused-ring (bicyclic) bond motifs is 1. The van der Waals surface area contributed by atoms with Gasteiger partial charge in [-0.3, -0.25) is 9.69 Å². The van der Waals surface area contributed by atoms with Gasteiger partial charge in [-0.15, -0.1) is 5.10 Å². The minimum Gasteiger partial charge on any atom is -0.497 e. The summed E-state index contributed by atoms with van der Waals surface area (Å²) in [6.45, 7) is 3.18. The standard InChI is InChI=1S/C24H32N6O2/c1-16-8-6-7-13-29(16)22(23-26-27-28-30(23)18-9-4-3-5-10-18)20-15-17-14-19(32-2)11-12-21(17)25-24(20)31/h11-12,14-16,18,22H,3-10,13H2,1-2H3,(H,25,31). The predicted octanol–water partition coefficient (Wildman–Crippen LogP) is 3.99. The molecule has 0 amide bonds. The second kappa shape index (κ2) is 9.02. The van der Waals surface area contributed by atoms with Crippen molar-refractivity contribution in [3.63, 3.8) is 0 Å². The minimum atomic E-state index is -0.276. The van der Waals surface area contributed by atoms with Crippen molar-refractivity contribution in [3.8, 4) is 5.75 Å². The summed E-state index contributed by atoms with van der Waals surface area (Å²) in [7, 11) is 1.66. The highest BCUT2D eigenvalue weighted by atomic mass is 16.5. The van der Waals surface area contributed by atoms with E-state index >= 15 is 0 Å². The Bertz CT molecular complexity index is 1130. The SMILES string of the molecule is COc1ccc2[nH]c(=O)c(C(c3nnnn3C3CCCCC3)N3CCCCC3C)cc2c1. The molecule has 1 N–H and O–H groups in total. The van der Waals surface area contributed by atoms with E-state index in [1.54, 1.807) is 7.11 Å². The average Bonchev–Trinajstić information content (AvgIpc) is 3.30. The van der Waals surface area contributed by atoms with E-state index in [9.17, 15) is 4.79 Å². The number of benzene rings is 1. The summed E-state index contributed by atoms with van der Waals surface area (Å²) in [5.74, 6) is 1.56. The molecule has 3 aromatic rings. The van der Waals surface area contributed by atoms with E-state index in [4.69, 9.17) is 4.74 Å². The molecule has 1 aliphatic heterocycles. The number of nitrogens with one attached hydrogen (secondary N) is 1. The first kappa shape index (κ1) is 21.1. The highest BCUT2D eigenvalue weighted by molar-refractivity contribution is 5.80. The van der Waals surface area contributed by atoms with Gasteiger partial charge in [-0.2, -0.15) is 0 Å². The molecule has 170 valence electrons. The number of methoxy groups -OCH3 is 1. The molecule has 1 saturated heterocycles. The fourth-order valence-electron chi connectivity index (χ4n) is 5.47. The van der Waals surface area contributed by atoms with Crippen LogP contribution in [-0.2, 0) is 0 Å². The smallest absolute Gasteiger partial charge is 0.253 e. The molecule has 5 rings (SSSR count). The quantitative estimate of drug-likeness (QED) is 0.650. The van der Waals surface area contributed by atoms with E-state index in [1.807, 2.05) is 28.9 Å². The Kier molecular flexibility index (Phi) is 5.95. The van der Waals surface area contributed by atoms with Crippen LogP contribution < -0.4 is 10.3 Å². The Balaban J connectivity index is 1.65. The highest BCUT2D eigenvalue weighted by Gasteiger charge is 2.35. The largest absolute Gasteiger partial charge is 0.497 e. The normalized spacial score (nSPS) is 21.6. The maximum Gasteiger partial charge on any atom is 0.253 e. The summed E-state index contributed by atoms with van der Waals surface area (Å²) >= 11 is 0. The third kappa shape index (κ3) is 3.92. The lowest BCUT2D eigenvalue weighted by molar-refractivity contribution is 0.114. The number of aromatic nitrogens is 5. The van der Waals surface area contributed by atoms with Crippen molar-refractivity contribution in [2.45, 2.75) is 76.4 Å². The van der Waals surface area contributed by atoms with E-state index in [0.29, 0.717) is 17.6 Å². The number of nitrogens with zero attached hydrogens (tertiary/aromatic N) is 5. The van der Waals surface area contributed by atoms with Crippen LogP contribution in [0.2, 0.25) is 0 Å². The topological polar surface area (TPSA) is 88.9 Å². The van der Waals surface area contributed by atoms with Gasteiger partial charge in [0.05, 0.1) is 13.2 Å². The number of tetrazole rings is 1. The van der Waals surface area contributed by atoms with E-state index in [1.165, 1.54) is 25.7 Å². The maximum absolute atomic E-state index is 13.4. The second-order valence-electron chi connectivity index (χ2n) is 9.27. The van der Waals surface area contributed by atoms with Crippen molar-refractivity contribution >= 4 is 10.9 Å². The van der Waals surface area contributed by atoms with E-state index in [2.05, 4.69) is 32.3 Å². The van der Waals surface area contributed by atoms with Crippen molar-refractivity contribution in [1.82, 2.24) is 30.1 Å². The molecule has 1 aliphatic carbocycles. The number of rotatable bonds is 5. The highest BCUT2D eigenvalue weighted by Crippen LogP contribution is 2.36. The Morgan fingerprint density at radius 1 is 1.09 bits per heavy atom. The summed E-state index contributed by atoms with van der Waals surface area (Å²) in [4.78, 5) is 18.9. The molecule has 32 heavy (non-hydrogen) atoms. The van der Waals surface area contributed by atoms with Gasteiger partial charge in [0.25, 0.3) is 5.56 Å². The molecular weight excluding hydrogens is 404 g/mol. The monoisotopic (exact) mass is 436 g/mol. The van der Waals surface area contributed by atoms with Gasteiger partial charge in [0.1, 0.15) is 11.8 Å². The van der Waals surface area contributed by atoms with Crippen molar-refractivity contribution in [2.24, 2.45) is 0 Å². The first-order valence-electron chi connectivity index (χ1n) is 11.9. The van der Waals surface area contributed by atoms with Gasteiger partial charge < -0.3 is 9.72 Å². The van der Waals surface area contributed by atoms with Crippen LogP contribution in [-0.4, -0.2) is 49.8 Å². The predicted molar refractivity (Wildman–Crippen MR) is 123 cm³/mol. The molecule has 2 atom stereocenters. The zero-order chi connectivity index (χ0) is 22.1. The summed E-state index contributed by atoms with van der Waals surface area (Å²) < 4.78 is 7.43. The molecule has 2 fully saturated rings. The van der Waals surface area contributed by atoms with Gasteiger partial charge in [-0.1, -0.05) is 25.7 Å². The Morgan fingerprint density at radius 2 is 1.91 bits per heavy atom. The third-order valence-electron chi connectivity index (χ3n) is 7.24. The number of aromatic amines is 1. The molecule has 0 spiro atoms. The first-order chi connectivity index (χ1) is 15.7. The van der Waals surface area contributed by atoms with Crippen LogP contribution in [0.15, 0.2) is 29.1 Å². The summed E-state index contributed by atoms with van der Waals surface area (Å²) in [6, 6.07) is 8.11. The zero-order valence-electron chi connectivity index (χ0n) is 19.0. The molecule has 1 aromatic carbocycles. The van der Waals surface area contributed by atoms with Crippen LogP contribution in [0.3, 0.4) is 0 Å². The summed E-state index contributed by atoms with van der Waals surface area (Å²) in [6.07, 6.45) is 9.29. The minimum absolute atomic E-state index is 0.0800. The number of hydrogen-bond donors (Lipinski definition) is 1. The number of H-pyrrole nitrogens is 1. The first-order valence-corrected chi connectivity index (χ1v) is 11.9. The van der Waals surface area contributed by atoms with Crippen LogP contribution in [0.4, 0.5) is 0 Å². The molecule has 8 heteroatoms. The van der Waals surface area contributed by atoms with E-state index in [-0.39, 0.29) is 11.6 Å². The van der Waals surface area contributed by atoms with Crippen molar-refractivity contribution in [1.29, 1.82) is 0 Å². The lowest BCUT2D eigenvalue weighted by Gasteiger charge is -2.39. The fourth-order valence-corrected chi connectivity index (χ4v) is 5.47. The Hall–Kier alpha value is -2.74. The Morgan fingerprint density at radius 3 is 2.69 bits per heavy atom. The van der Waals surface area contributed by atoms with E-state index in [0.717, 1.165) is 54.7 Å². The molecule has 2 unspecified atom stereocenters. The molecule has 0 bridgehead atoms. The van der Waals surface area contributed by atoms with Crippen molar-refractivity contribution < 1.29 is 4.74 Å².